The molecule has 2 atom stereocenters. The summed E-state index contributed by atoms with van der Waals surface area (Å²) in [6.07, 6.45) is 10.5. The highest BCUT2D eigenvalue weighted by atomic mass is 15.3. The highest BCUT2D eigenvalue weighted by molar-refractivity contribution is 5.80. The predicted octanol–water partition coefficient (Wildman–Crippen LogP) is 2.99. The van der Waals surface area contributed by atoms with Gasteiger partial charge < -0.3 is 15.2 Å². The maximum atomic E-state index is 4.45. The van der Waals surface area contributed by atoms with Crippen LogP contribution >= 0.6 is 0 Å². The molecule has 3 rings (SSSR count). The number of rotatable bonds is 4. The molecule has 0 radical (unpaired) electrons. The number of hydrogen-bond donors (Lipinski definition) is 2. The van der Waals surface area contributed by atoms with Crippen molar-refractivity contribution in [1.29, 1.82) is 0 Å². The molecular weight excluding hydrogens is 260 g/mol. The highest BCUT2D eigenvalue weighted by Gasteiger charge is 2.43. The van der Waals surface area contributed by atoms with Gasteiger partial charge in [0.05, 0.1) is 6.54 Å². The van der Waals surface area contributed by atoms with Crippen molar-refractivity contribution in [2.45, 2.75) is 51.1 Å². The molecular formula is C17H28N4. The van der Waals surface area contributed by atoms with E-state index in [2.05, 4.69) is 33.3 Å². The minimum Gasteiger partial charge on any atom is -0.364 e. The van der Waals surface area contributed by atoms with Crippen molar-refractivity contribution < 1.29 is 0 Å². The molecule has 116 valence electrons. The van der Waals surface area contributed by atoms with Crippen molar-refractivity contribution in [3.8, 4) is 0 Å². The van der Waals surface area contributed by atoms with E-state index < -0.39 is 0 Å². The maximum absolute atomic E-state index is 4.45. The second-order valence-electron chi connectivity index (χ2n) is 6.65. The SMILES string of the molecule is CN=C(NC1CC1C1CCCCC1)N(C)Cc1ccc[nH]1. The van der Waals surface area contributed by atoms with Gasteiger partial charge in [0.1, 0.15) is 0 Å². The number of nitrogens with one attached hydrogen (secondary N) is 2. The lowest BCUT2D eigenvalue weighted by Crippen LogP contribution is -2.40. The molecule has 21 heavy (non-hydrogen) atoms. The molecule has 0 spiro atoms. The van der Waals surface area contributed by atoms with E-state index in [1.165, 1.54) is 44.2 Å². The molecule has 4 heteroatoms. The number of H-pyrrole nitrogens is 1. The fourth-order valence-corrected chi connectivity index (χ4v) is 3.77. The normalized spacial score (nSPS) is 26.7. The summed E-state index contributed by atoms with van der Waals surface area (Å²) in [6, 6.07) is 4.81. The summed E-state index contributed by atoms with van der Waals surface area (Å²) in [5, 5.41) is 3.66. The van der Waals surface area contributed by atoms with Gasteiger partial charge in [0.25, 0.3) is 0 Å². The lowest BCUT2D eigenvalue weighted by molar-refractivity contribution is 0.314. The smallest absolute Gasteiger partial charge is 0.193 e. The molecule has 0 amide bonds. The van der Waals surface area contributed by atoms with Crippen LogP contribution in [0.25, 0.3) is 0 Å². The van der Waals surface area contributed by atoms with E-state index in [0.29, 0.717) is 6.04 Å². The van der Waals surface area contributed by atoms with E-state index in [-0.39, 0.29) is 0 Å². The Balaban J connectivity index is 1.49. The Morgan fingerprint density at radius 3 is 2.86 bits per heavy atom. The van der Waals surface area contributed by atoms with Crippen molar-refractivity contribution >= 4 is 5.96 Å². The summed E-state index contributed by atoms with van der Waals surface area (Å²) < 4.78 is 0. The molecule has 2 saturated carbocycles. The number of aliphatic imine (C=N–C) groups is 1. The Morgan fingerprint density at radius 2 is 2.19 bits per heavy atom. The number of nitrogens with zero attached hydrogens (tertiary/aromatic N) is 2. The third-order valence-corrected chi connectivity index (χ3v) is 5.05. The van der Waals surface area contributed by atoms with E-state index in [9.17, 15) is 0 Å². The maximum Gasteiger partial charge on any atom is 0.193 e. The average molecular weight is 288 g/mol. The molecule has 2 fully saturated rings. The molecule has 4 nitrogen and oxygen atoms in total. The van der Waals surface area contributed by atoms with Gasteiger partial charge in [-0.05, 0) is 30.4 Å². The van der Waals surface area contributed by atoms with Gasteiger partial charge in [-0.15, -0.1) is 0 Å². The Labute approximate surface area is 128 Å². The van der Waals surface area contributed by atoms with E-state index in [1.54, 1.807) is 0 Å². The summed E-state index contributed by atoms with van der Waals surface area (Å²) in [4.78, 5) is 9.89. The number of aromatic amines is 1. The molecule has 1 aromatic rings. The van der Waals surface area contributed by atoms with Crippen molar-refractivity contribution in [1.82, 2.24) is 15.2 Å². The van der Waals surface area contributed by atoms with Crippen LogP contribution in [0, 0.1) is 11.8 Å². The van der Waals surface area contributed by atoms with E-state index >= 15 is 0 Å². The summed E-state index contributed by atoms with van der Waals surface area (Å²) in [6.45, 7) is 0.869. The Kier molecular flexibility index (Phi) is 4.51. The van der Waals surface area contributed by atoms with Crippen molar-refractivity contribution in [3.63, 3.8) is 0 Å². The van der Waals surface area contributed by atoms with Crippen LogP contribution in [0.1, 0.15) is 44.2 Å². The molecule has 2 N–H and O–H groups in total. The molecule has 2 aliphatic rings. The van der Waals surface area contributed by atoms with Gasteiger partial charge in [0.15, 0.2) is 5.96 Å². The van der Waals surface area contributed by atoms with Crippen LogP contribution in [-0.4, -0.2) is 36.0 Å². The zero-order valence-electron chi connectivity index (χ0n) is 13.3. The summed E-state index contributed by atoms with van der Waals surface area (Å²) in [7, 11) is 3.99. The fraction of sp³-hybridized carbons (Fsp3) is 0.706. The molecule has 0 aromatic carbocycles. The molecule has 1 heterocycles. The van der Waals surface area contributed by atoms with Crippen LogP contribution in [0.15, 0.2) is 23.3 Å². The quantitative estimate of drug-likeness (QED) is 0.661. The largest absolute Gasteiger partial charge is 0.364 e. The van der Waals surface area contributed by atoms with E-state index in [0.717, 1.165) is 24.3 Å². The Bertz CT molecular complexity index is 459. The van der Waals surface area contributed by atoms with Crippen molar-refractivity contribution in [2.75, 3.05) is 14.1 Å². The van der Waals surface area contributed by atoms with Gasteiger partial charge >= 0.3 is 0 Å². The lowest BCUT2D eigenvalue weighted by Gasteiger charge is -2.24. The highest BCUT2D eigenvalue weighted by Crippen LogP contribution is 2.44. The van der Waals surface area contributed by atoms with Crippen molar-refractivity contribution in [3.05, 3.63) is 24.0 Å². The monoisotopic (exact) mass is 288 g/mol. The molecule has 1 aromatic heterocycles. The molecule has 0 aliphatic heterocycles. The van der Waals surface area contributed by atoms with Gasteiger partial charge in [-0.25, -0.2) is 0 Å². The predicted molar refractivity (Wildman–Crippen MR) is 87.2 cm³/mol. The third kappa shape index (κ3) is 3.60. The topological polar surface area (TPSA) is 43.4 Å². The number of guanidine groups is 1. The van der Waals surface area contributed by atoms with Gasteiger partial charge in [0, 0.05) is 32.0 Å². The lowest BCUT2D eigenvalue weighted by atomic mass is 9.85. The summed E-state index contributed by atoms with van der Waals surface area (Å²) in [5.41, 5.74) is 1.22. The third-order valence-electron chi connectivity index (χ3n) is 5.05. The first-order chi connectivity index (χ1) is 10.3. The zero-order valence-corrected chi connectivity index (χ0v) is 13.3. The number of hydrogen-bond acceptors (Lipinski definition) is 1. The standard InChI is InChI=1S/C17H28N4/c1-18-17(21(2)12-14-9-6-10-19-14)20-16-11-15(16)13-7-4-3-5-8-13/h6,9-10,13,15-16,19H,3-5,7-8,11-12H2,1-2H3,(H,18,20). The van der Waals surface area contributed by atoms with E-state index in [4.69, 9.17) is 0 Å². The summed E-state index contributed by atoms with van der Waals surface area (Å²) in [5.74, 6) is 2.87. The van der Waals surface area contributed by atoms with Gasteiger partial charge in [0.2, 0.25) is 0 Å². The second-order valence-corrected chi connectivity index (χ2v) is 6.65. The minimum atomic E-state index is 0.651. The second kappa shape index (κ2) is 6.54. The van der Waals surface area contributed by atoms with Gasteiger partial charge in [-0.2, -0.15) is 0 Å². The van der Waals surface area contributed by atoms with Gasteiger partial charge in [-0.1, -0.05) is 32.1 Å². The van der Waals surface area contributed by atoms with E-state index in [1.807, 2.05) is 19.3 Å². The zero-order chi connectivity index (χ0) is 14.7. The Morgan fingerprint density at radius 1 is 1.38 bits per heavy atom. The van der Waals surface area contributed by atoms with Crippen LogP contribution < -0.4 is 5.32 Å². The molecule has 2 aliphatic carbocycles. The summed E-state index contributed by atoms with van der Waals surface area (Å²) >= 11 is 0. The van der Waals surface area contributed by atoms with Crippen LogP contribution in [0.4, 0.5) is 0 Å². The minimum absolute atomic E-state index is 0.651. The first-order valence-electron chi connectivity index (χ1n) is 8.34. The molecule has 0 bridgehead atoms. The molecule has 2 unspecified atom stereocenters. The average Bonchev–Trinajstić information content (AvgIpc) is 3.11. The van der Waals surface area contributed by atoms with Crippen molar-refractivity contribution in [2.24, 2.45) is 16.8 Å². The van der Waals surface area contributed by atoms with Gasteiger partial charge in [-0.3, -0.25) is 4.99 Å². The Hall–Kier alpha value is -1.45. The number of aromatic nitrogens is 1. The van der Waals surface area contributed by atoms with Crippen LogP contribution in [0.3, 0.4) is 0 Å². The van der Waals surface area contributed by atoms with Crippen LogP contribution in [-0.2, 0) is 6.54 Å². The van der Waals surface area contributed by atoms with Crippen LogP contribution in [0.2, 0.25) is 0 Å². The fourth-order valence-electron chi connectivity index (χ4n) is 3.77. The first kappa shape index (κ1) is 14.5. The van der Waals surface area contributed by atoms with Crippen LogP contribution in [0.5, 0.6) is 0 Å². The first-order valence-corrected chi connectivity index (χ1v) is 8.34. The molecule has 0 saturated heterocycles.